The SMILES string of the molecule is CCC(SC)C(=O)SC. The smallest absolute Gasteiger partial charge is 0.201 e. The van der Waals surface area contributed by atoms with E-state index < -0.39 is 0 Å². The summed E-state index contributed by atoms with van der Waals surface area (Å²) < 4.78 is 0. The molecule has 0 rings (SSSR count). The molecule has 9 heavy (non-hydrogen) atoms. The van der Waals surface area contributed by atoms with Crippen molar-refractivity contribution in [3.8, 4) is 0 Å². The molecule has 0 aromatic rings. The lowest BCUT2D eigenvalue weighted by Crippen LogP contribution is -2.10. The summed E-state index contributed by atoms with van der Waals surface area (Å²) in [5.74, 6) is 0. The maximum atomic E-state index is 10.9. The number of hydrogen-bond donors (Lipinski definition) is 0. The molecule has 1 nitrogen and oxygen atoms in total. The Morgan fingerprint density at radius 3 is 2.22 bits per heavy atom. The Balaban J connectivity index is 3.64. The van der Waals surface area contributed by atoms with Crippen LogP contribution in [0.2, 0.25) is 0 Å². The fraction of sp³-hybridized carbons (Fsp3) is 0.833. The zero-order valence-electron chi connectivity index (χ0n) is 6.01. The van der Waals surface area contributed by atoms with Crippen molar-refractivity contribution in [3.63, 3.8) is 0 Å². The van der Waals surface area contributed by atoms with Crippen molar-refractivity contribution in [3.05, 3.63) is 0 Å². The molecule has 0 N–H and O–H groups in total. The second-order valence-electron chi connectivity index (χ2n) is 1.66. The van der Waals surface area contributed by atoms with Crippen molar-refractivity contribution in [2.24, 2.45) is 0 Å². The van der Waals surface area contributed by atoms with Gasteiger partial charge in [-0.25, -0.2) is 0 Å². The van der Waals surface area contributed by atoms with Gasteiger partial charge >= 0.3 is 0 Å². The summed E-state index contributed by atoms with van der Waals surface area (Å²) in [6.07, 6.45) is 4.75. The van der Waals surface area contributed by atoms with Crippen LogP contribution in [0.25, 0.3) is 0 Å². The molecule has 0 aliphatic rings. The standard InChI is InChI=1S/C6H12OS2/c1-4-5(8-2)6(7)9-3/h5H,4H2,1-3H3. The molecule has 0 saturated carbocycles. The zero-order valence-corrected chi connectivity index (χ0v) is 7.64. The molecule has 0 aliphatic heterocycles. The highest BCUT2D eigenvalue weighted by Gasteiger charge is 2.12. The molecule has 54 valence electrons. The Morgan fingerprint density at radius 2 is 2.11 bits per heavy atom. The van der Waals surface area contributed by atoms with E-state index in [2.05, 4.69) is 0 Å². The van der Waals surface area contributed by atoms with Crippen LogP contribution in [-0.4, -0.2) is 22.9 Å². The third-order valence-corrected chi connectivity index (χ3v) is 3.07. The molecule has 0 fully saturated rings. The molecule has 0 aromatic heterocycles. The van der Waals surface area contributed by atoms with Gasteiger partial charge in [0.2, 0.25) is 5.12 Å². The molecule has 1 atom stereocenters. The van der Waals surface area contributed by atoms with Gasteiger partial charge in [0.15, 0.2) is 0 Å². The van der Waals surface area contributed by atoms with Gasteiger partial charge in [-0.05, 0) is 18.9 Å². The van der Waals surface area contributed by atoms with Crippen molar-refractivity contribution in [1.29, 1.82) is 0 Å². The molecule has 0 spiro atoms. The minimum Gasteiger partial charge on any atom is -0.286 e. The first-order valence-electron chi connectivity index (χ1n) is 2.86. The minimum absolute atomic E-state index is 0.208. The molecule has 0 radical (unpaired) electrons. The van der Waals surface area contributed by atoms with Gasteiger partial charge in [0.25, 0.3) is 0 Å². The summed E-state index contributed by atoms with van der Waals surface area (Å²) >= 11 is 2.95. The molecule has 0 aromatic carbocycles. The molecule has 1 unspecified atom stereocenters. The van der Waals surface area contributed by atoms with E-state index in [0.717, 1.165) is 6.42 Å². The van der Waals surface area contributed by atoms with E-state index in [1.165, 1.54) is 11.8 Å². The van der Waals surface area contributed by atoms with Crippen molar-refractivity contribution in [1.82, 2.24) is 0 Å². The maximum absolute atomic E-state index is 10.9. The summed E-state index contributed by atoms with van der Waals surface area (Å²) in [4.78, 5) is 10.9. The quantitative estimate of drug-likeness (QED) is 0.635. The van der Waals surface area contributed by atoms with Gasteiger partial charge in [-0.3, -0.25) is 4.79 Å². The molecule has 0 saturated heterocycles. The van der Waals surface area contributed by atoms with Crippen LogP contribution in [0.15, 0.2) is 0 Å². The summed E-state index contributed by atoms with van der Waals surface area (Å²) in [7, 11) is 0. The normalized spacial score (nSPS) is 13.2. The first kappa shape index (κ1) is 9.37. The Bertz CT molecular complexity index is 89.1. The predicted octanol–water partition coefficient (Wildman–Crippen LogP) is 2.02. The van der Waals surface area contributed by atoms with Crippen LogP contribution in [0.5, 0.6) is 0 Å². The minimum atomic E-state index is 0.208. The lowest BCUT2D eigenvalue weighted by molar-refractivity contribution is -0.110. The average Bonchev–Trinajstić information content (AvgIpc) is 1.90. The largest absolute Gasteiger partial charge is 0.286 e. The van der Waals surface area contributed by atoms with E-state index in [1.807, 2.05) is 19.4 Å². The van der Waals surface area contributed by atoms with Crippen molar-refractivity contribution in [2.75, 3.05) is 12.5 Å². The summed E-state index contributed by atoms with van der Waals surface area (Å²) in [6.45, 7) is 2.04. The van der Waals surface area contributed by atoms with Crippen LogP contribution in [-0.2, 0) is 4.79 Å². The number of rotatable bonds is 3. The molecular formula is C6H12OS2. The summed E-state index contributed by atoms with van der Waals surface area (Å²) in [5.41, 5.74) is 0. The summed E-state index contributed by atoms with van der Waals surface area (Å²) in [5, 5.41) is 0.505. The number of hydrogen-bond acceptors (Lipinski definition) is 3. The van der Waals surface area contributed by atoms with Gasteiger partial charge in [-0.1, -0.05) is 18.7 Å². The second-order valence-corrected chi connectivity index (χ2v) is 3.51. The van der Waals surface area contributed by atoms with Crippen LogP contribution < -0.4 is 0 Å². The van der Waals surface area contributed by atoms with Crippen LogP contribution in [0, 0.1) is 0 Å². The Labute approximate surface area is 65.0 Å². The monoisotopic (exact) mass is 164 g/mol. The van der Waals surface area contributed by atoms with Gasteiger partial charge in [0.05, 0.1) is 5.25 Å². The molecule has 0 bridgehead atoms. The lowest BCUT2D eigenvalue weighted by Gasteiger charge is -2.06. The van der Waals surface area contributed by atoms with Gasteiger partial charge in [0.1, 0.15) is 0 Å². The van der Waals surface area contributed by atoms with E-state index in [1.54, 1.807) is 11.8 Å². The highest BCUT2D eigenvalue weighted by Crippen LogP contribution is 2.16. The Kier molecular flexibility index (Phi) is 5.39. The lowest BCUT2D eigenvalue weighted by atomic mass is 10.4. The highest BCUT2D eigenvalue weighted by molar-refractivity contribution is 8.15. The average molecular weight is 164 g/mol. The van der Waals surface area contributed by atoms with Crippen LogP contribution >= 0.6 is 23.5 Å². The van der Waals surface area contributed by atoms with E-state index in [9.17, 15) is 4.79 Å². The molecule has 3 heteroatoms. The van der Waals surface area contributed by atoms with E-state index >= 15 is 0 Å². The van der Waals surface area contributed by atoms with Crippen LogP contribution in [0.4, 0.5) is 0 Å². The third-order valence-electron chi connectivity index (χ3n) is 1.12. The highest BCUT2D eigenvalue weighted by atomic mass is 32.2. The summed E-state index contributed by atoms with van der Waals surface area (Å²) in [6, 6.07) is 0. The van der Waals surface area contributed by atoms with Crippen molar-refractivity contribution < 1.29 is 4.79 Å². The maximum Gasteiger partial charge on any atom is 0.201 e. The number of carbonyl (C=O) groups is 1. The van der Waals surface area contributed by atoms with E-state index in [-0.39, 0.29) is 5.25 Å². The molecule has 0 heterocycles. The van der Waals surface area contributed by atoms with E-state index in [0.29, 0.717) is 5.12 Å². The number of thioether (sulfide) groups is 2. The van der Waals surface area contributed by atoms with Crippen LogP contribution in [0.1, 0.15) is 13.3 Å². The van der Waals surface area contributed by atoms with Crippen LogP contribution in [0.3, 0.4) is 0 Å². The zero-order chi connectivity index (χ0) is 7.28. The van der Waals surface area contributed by atoms with Crippen molar-refractivity contribution >= 4 is 28.6 Å². The fourth-order valence-electron chi connectivity index (χ4n) is 0.561. The Morgan fingerprint density at radius 1 is 1.56 bits per heavy atom. The molecule has 0 amide bonds. The first-order chi connectivity index (χ1) is 4.26. The number of carbonyl (C=O) groups excluding carboxylic acids is 1. The first-order valence-corrected chi connectivity index (χ1v) is 5.38. The Hall–Kier alpha value is 0.370. The topological polar surface area (TPSA) is 17.1 Å². The molecule has 0 aliphatic carbocycles. The van der Waals surface area contributed by atoms with Gasteiger partial charge < -0.3 is 0 Å². The van der Waals surface area contributed by atoms with E-state index in [4.69, 9.17) is 0 Å². The fourth-order valence-corrected chi connectivity index (χ4v) is 2.09. The molecular weight excluding hydrogens is 152 g/mol. The van der Waals surface area contributed by atoms with Gasteiger partial charge in [0, 0.05) is 0 Å². The van der Waals surface area contributed by atoms with Gasteiger partial charge in [-0.15, -0.1) is 0 Å². The second kappa shape index (κ2) is 5.18. The predicted molar refractivity (Wildman–Crippen MR) is 46.1 cm³/mol. The van der Waals surface area contributed by atoms with Crippen molar-refractivity contribution in [2.45, 2.75) is 18.6 Å². The third kappa shape index (κ3) is 3.16. The van der Waals surface area contributed by atoms with Gasteiger partial charge in [-0.2, -0.15) is 11.8 Å².